The Morgan fingerprint density at radius 3 is 2.17 bits per heavy atom. The van der Waals surface area contributed by atoms with Gasteiger partial charge in [-0.3, -0.25) is 4.79 Å². The molecule has 0 aromatic heterocycles. The predicted octanol–water partition coefficient (Wildman–Crippen LogP) is 2.88. The van der Waals surface area contributed by atoms with Crippen molar-refractivity contribution in [2.45, 2.75) is 44.1 Å². The number of amides is 3. The zero-order chi connectivity index (χ0) is 20.3. The largest absolute Gasteiger partial charge is 0.381 e. The zero-order valence-corrected chi connectivity index (χ0v) is 16.9. The number of nitrogens with one attached hydrogen (secondary N) is 1. The van der Waals surface area contributed by atoms with Gasteiger partial charge in [-0.1, -0.05) is 12.1 Å². The summed E-state index contributed by atoms with van der Waals surface area (Å²) in [5.41, 5.74) is 0.420. The molecule has 3 aliphatic rings. The van der Waals surface area contributed by atoms with Gasteiger partial charge in [0.15, 0.2) is 0 Å². The van der Waals surface area contributed by atoms with Crippen LogP contribution in [0, 0.1) is 11.7 Å². The van der Waals surface area contributed by atoms with Gasteiger partial charge in [0.05, 0.1) is 5.54 Å². The maximum atomic E-state index is 13.4. The molecule has 4 rings (SSSR count). The molecule has 3 amide bonds. The molecule has 3 fully saturated rings. The van der Waals surface area contributed by atoms with Crippen LogP contribution in [0.4, 0.5) is 9.18 Å². The SMILES string of the molecule is O=C(NC1(c2ccc(F)cc2)CCOCC1)C1CCN(C(=O)N2CCCC2)CC1. The molecule has 0 atom stereocenters. The van der Waals surface area contributed by atoms with Gasteiger partial charge in [-0.2, -0.15) is 0 Å². The number of carbonyl (C=O) groups excluding carboxylic acids is 2. The Balaban J connectivity index is 1.38. The van der Waals surface area contributed by atoms with Crippen LogP contribution in [-0.4, -0.2) is 61.1 Å². The van der Waals surface area contributed by atoms with E-state index >= 15 is 0 Å². The molecule has 0 saturated carbocycles. The summed E-state index contributed by atoms with van der Waals surface area (Å²) in [5, 5.41) is 3.28. The van der Waals surface area contributed by atoms with E-state index in [2.05, 4.69) is 5.32 Å². The van der Waals surface area contributed by atoms with E-state index in [1.54, 1.807) is 12.1 Å². The van der Waals surface area contributed by atoms with Crippen molar-refractivity contribution >= 4 is 11.9 Å². The smallest absolute Gasteiger partial charge is 0.319 e. The van der Waals surface area contributed by atoms with Crippen molar-refractivity contribution in [1.29, 1.82) is 0 Å². The number of nitrogens with zero attached hydrogens (tertiary/aromatic N) is 2. The van der Waals surface area contributed by atoms with Crippen LogP contribution in [0.5, 0.6) is 0 Å². The summed E-state index contributed by atoms with van der Waals surface area (Å²) in [4.78, 5) is 29.5. The number of hydrogen-bond acceptors (Lipinski definition) is 3. The number of ether oxygens (including phenoxy) is 1. The van der Waals surface area contributed by atoms with E-state index in [0.717, 1.165) is 31.5 Å². The first-order chi connectivity index (χ1) is 14.1. The first kappa shape index (κ1) is 20.1. The molecule has 158 valence electrons. The van der Waals surface area contributed by atoms with E-state index < -0.39 is 5.54 Å². The van der Waals surface area contributed by atoms with Crippen molar-refractivity contribution < 1.29 is 18.7 Å². The molecule has 3 heterocycles. The van der Waals surface area contributed by atoms with Gasteiger partial charge in [-0.15, -0.1) is 0 Å². The van der Waals surface area contributed by atoms with Crippen molar-refractivity contribution in [2.75, 3.05) is 39.4 Å². The Hall–Kier alpha value is -2.15. The summed E-state index contributed by atoms with van der Waals surface area (Å²) in [7, 11) is 0. The lowest BCUT2D eigenvalue weighted by molar-refractivity contribution is -0.129. The topological polar surface area (TPSA) is 61.9 Å². The maximum absolute atomic E-state index is 13.4. The summed E-state index contributed by atoms with van der Waals surface area (Å²) >= 11 is 0. The second-order valence-electron chi connectivity index (χ2n) is 8.43. The third kappa shape index (κ3) is 4.39. The lowest BCUT2D eigenvalue weighted by atomic mass is 9.81. The molecular weight excluding hydrogens is 373 g/mol. The van der Waals surface area contributed by atoms with Crippen LogP contribution >= 0.6 is 0 Å². The Kier molecular flexibility index (Phi) is 6.04. The number of benzene rings is 1. The van der Waals surface area contributed by atoms with Gasteiger partial charge in [-0.05, 0) is 56.2 Å². The lowest BCUT2D eigenvalue weighted by Gasteiger charge is -2.40. The third-order valence-electron chi connectivity index (χ3n) is 6.62. The highest BCUT2D eigenvalue weighted by Gasteiger charge is 2.38. The Labute approximate surface area is 171 Å². The number of piperidine rings is 1. The van der Waals surface area contributed by atoms with Gasteiger partial charge in [0.2, 0.25) is 5.91 Å². The monoisotopic (exact) mass is 403 g/mol. The zero-order valence-electron chi connectivity index (χ0n) is 16.9. The average Bonchev–Trinajstić information content (AvgIpc) is 3.29. The Bertz CT molecular complexity index is 719. The van der Waals surface area contributed by atoms with Crippen molar-refractivity contribution in [2.24, 2.45) is 5.92 Å². The fraction of sp³-hybridized carbons (Fsp3) is 0.636. The van der Waals surface area contributed by atoms with Gasteiger partial charge in [0, 0.05) is 45.3 Å². The number of rotatable bonds is 3. The summed E-state index contributed by atoms with van der Waals surface area (Å²) in [6.45, 7) is 4.09. The van der Waals surface area contributed by atoms with Gasteiger partial charge in [0.1, 0.15) is 5.82 Å². The fourth-order valence-electron chi connectivity index (χ4n) is 4.75. The number of hydrogen-bond donors (Lipinski definition) is 1. The van der Waals surface area contributed by atoms with Crippen molar-refractivity contribution in [1.82, 2.24) is 15.1 Å². The van der Waals surface area contributed by atoms with Crippen LogP contribution in [0.3, 0.4) is 0 Å². The average molecular weight is 403 g/mol. The number of halogens is 1. The summed E-state index contributed by atoms with van der Waals surface area (Å²) < 4.78 is 18.9. The van der Waals surface area contributed by atoms with Crippen molar-refractivity contribution in [3.63, 3.8) is 0 Å². The van der Waals surface area contributed by atoms with Crippen LogP contribution in [0.25, 0.3) is 0 Å². The van der Waals surface area contributed by atoms with Crippen LogP contribution in [0.15, 0.2) is 24.3 Å². The molecule has 1 N–H and O–H groups in total. The maximum Gasteiger partial charge on any atom is 0.319 e. The number of urea groups is 1. The van der Waals surface area contributed by atoms with Crippen molar-refractivity contribution in [3.8, 4) is 0 Å². The van der Waals surface area contributed by atoms with Crippen molar-refractivity contribution in [3.05, 3.63) is 35.6 Å². The molecular formula is C22H30FN3O3. The molecule has 0 aliphatic carbocycles. The molecule has 0 radical (unpaired) electrons. The highest BCUT2D eigenvalue weighted by Crippen LogP contribution is 2.33. The van der Waals surface area contributed by atoms with Gasteiger partial charge in [0.25, 0.3) is 0 Å². The Morgan fingerprint density at radius 1 is 0.966 bits per heavy atom. The Morgan fingerprint density at radius 2 is 1.55 bits per heavy atom. The number of likely N-dealkylation sites (tertiary alicyclic amines) is 2. The van der Waals surface area contributed by atoms with E-state index in [1.165, 1.54) is 12.1 Å². The predicted molar refractivity (Wildman–Crippen MR) is 107 cm³/mol. The van der Waals surface area contributed by atoms with E-state index in [1.807, 2.05) is 9.80 Å². The molecule has 3 saturated heterocycles. The molecule has 1 aromatic carbocycles. The molecule has 3 aliphatic heterocycles. The second kappa shape index (κ2) is 8.69. The van der Waals surface area contributed by atoms with Crippen LogP contribution in [-0.2, 0) is 15.1 Å². The number of carbonyl (C=O) groups is 2. The molecule has 29 heavy (non-hydrogen) atoms. The van der Waals surface area contributed by atoms with E-state index in [0.29, 0.717) is 52.0 Å². The molecule has 0 bridgehead atoms. The highest BCUT2D eigenvalue weighted by molar-refractivity contribution is 5.80. The minimum atomic E-state index is -0.508. The van der Waals surface area contributed by atoms with E-state index in [9.17, 15) is 14.0 Å². The summed E-state index contributed by atoms with van der Waals surface area (Å²) in [6, 6.07) is 6.53. The summed E-state index contributed by atoms with van der Waals surface area (Å²) in [5.74, 6) is -0.348. The quantitative estimate of drug-likeness (QED) is 0.844. The minimum absolute atomic E-state index is 0.0319. The third-order valence-corrected chi connectivity index (χ3v) is 6.62. The van der Waals surface area contributed by atoms with Crippen LogP contribution in [0.1, 0.15) is 44.1 Å². The molecule has 0 spiro atoms. The fourth-order valence-corrected chi connectivity index (χ4v) is 4.75. The standard InChI is InChI=1S/C22H30FN3O3/c23-19-5-3-18(4-6-19)22(9-15-29-16-10-22)24-20(27)17-7-13-26(14-8-17)21(28)25-11-1-2-12-25/h3-6,17H,1-2,7-16H2,(H,24,27). The van der Waals surface area contributed by atoms with Gasteiger partial charge >= 0.3 is 6.03 Å². The van der Waals surface area contributed by atoms with E-state index in [4.69, 9.17) is 4.74 Å². The molecule has 1 aromatic rings. The molecule has 0 unspecified atom stereocenters. The van der Waals surface area contributed by atoms with Gasteiger partial charge < -0.3 is 19.9 Å². The second-order valence-corrected chi connectivity index (χ2v) is 8.43. The normalized spacial score (nSPS) is 22.5. The minimum Gasteiger partial charge on any atom is -0.381 e. The lowest BCUT2D eigenvalue weighted by Crippen LogP contribution is -2.53. The van der Waals surface area contributed by atoms with E-state index in [-0.39, 0.29) is 23.7 Å². The first-order valence-corrected chi connectivity index (χ1v) is 10.8. The molecule has 6 nitrogen and oxygen atoms in total. The summed E-state index contributed by atoms with van der Waals surface area (Å²) in [6.07, 6.45) is 4.88. The van der Waals surface area contributed by atoms with Crippen LogP contribution in [0.2, 0.25) is 0 Å². The highest BCUT2D eigenvalue weighted by atomic mass is 19.1. The first-order valence-electron chi connectivity index (χ1n) is 10.8. The van der Waals surface area contributed by atoms with Gasteiger partial charge in [-0.25, -0.2) is 9.18 Å². The van der Waals surface area contributed by atoms with Crippen LogP contribution < -0.4 is 5.32 Å². The molecule has 7 heteroatoms.